The van der Waals surface area contributed by atoms with E-state index in [1.165, 1.54) is 0 Å². The normalized spacial score (nSPS) is 26.9. The Balaban J connectivity index is 2.30. The first kappa shape index (κ1) is 16.1. The minimum atomic E-state index is -0.805. The molecule has 0 aromatic heterocycles. The molecular formula is C17H22ClNO2. The Morgan fingerprint density at radius 3 is 2.90 bits per heavy atom. The second kappa shape index (κ2) is 6.68. The molecule has 3 atom stereocenters. The van der Waals surface area contributed by atoms with Crippen LogP contribution < -0.4 is 4.74 Å². The van der Waals surface area contributed by atoms with Crippen LogP contribution in [0.15, 0.2) is 18.2 Å². The molecule has 0 aliphatic heterocycles. The van der Waals surface area contributed by atoms with E-state index in [0.717, 1.165) is 32.1 Å². The molecule has 1 fully saturated rings. The molecule has 0 bridgehead atoms. The SMILES string of the molecule is CCC1CCCC(C#N)(C(O)c2ccc(OC)c(Cl)c2)C1. The second-order valence-electron chi connectivity index (χ2n) is 5.94. The minimum Gasteiger partial charge on any atom is -0.495 e. The van der Waals surface area contributed by atoms with Gasteiger partial charge in [0, 0.05) is 0 Å². The molecule has 3 nitrogen and oxygen atoms in total. The van der Waals surface area contributed by atoms with E-state index >= 15 is 0 Å². The molecule has 0 heterocycles. The maximum Gasteiger partial charge on any atom is 0.137 e. The summed E-state index contributed by atoms with van der Waals surface area (Å²) in [6.07, 6.45) is 3.89. The van der Waals surface area contributed by atoms with Crippen molar-refractivity contribution in [3.63, 3.8) is 0 Å². The number of aliphatic hydroxyl groups excluding tert-OH is 1. The van der Waals surface area contributed by atoms with Gasteiger partial charge in [-0.05, 0) is 36.5 Å². The van der Waals surface area contributed by atoms with Crippen LogP contribution in [-0.4, -0.2) is 12.2 Å². The molecule has 0 radical (unpaired) electrons. The highest BCUT2D eigenvalue weighted by Gasteiger charge is 2.43. The van der Waals surface area contributed by atoms with Crippen molar-refractivity contribution in [3.8, 4) is 11.8 Å². The maximum atomic E-state index is 10.8. The third-order valence-corrected chi connectivity index (χ3v) is 5.00. The fourth-order valence-electron chi connectivity index (χ4n) is 3.36. The summed E-state index contributed by atoms with van der Waals surface area (Å²) in [5.74, 6) is 1.09. The molecule has 1 aromatic rings. The fraction of sp³-hybridized carbons (Fsp3) is 0.588. The summed E-state index contributed by atoms with van der Waals surface area (Å²) in [6.45, 7) is 2.15. The predicted molar refractivity (Wildman–Crippen MR) is 83.3 cm³/mol. The summed E-state index contributed by atoms with van der Waals surface area (Å²) in [6, 6.07) is 7.65. The van der Waals surface area contributed by atoms with E-state index in [0.29, 0.717) is 22.3 Å². The molecule has 4 heteroatoms. The lowest BCUT2D eigenvalue weighted by Gasteiger charge is -2.39. The van der Waals surface area contributed by atoms with E-state index < -0.39 is 11.5 Å². The quantitative estimate of drug-likeness (QED) is 0.891. The van der Waals surface area contributed by atoms with Crippen LogP contribution in [0, 0.1) is 22.7 Å². The molecule has 1 aliphatic carbocycles. The van der Waals surface area contributed by atoms with E-state index in [-0.39, 0.29) is 0 Å². The van der Waals surface area contributed by atoms with Crippen LogP contribution in [0.25, 0.3) is 0 Å². The number of rotatable bonds is 4. The number of hydrogen-bond acceptors (Lipinski definition) is 3. The first-order valence-electron chi connectivity index (χ1n) is 7.49. The molecule has 1 saturated carbocycles. The zero-order chi connectivity index (χ0) is 15.5. The molecule has 3 unspecified atom stereocenters. The first-order valence-corrected chi connectivity index (χ1v) is 7.87. The lowest BCUT2D eigenvalue weighted by Crippen LogP contribution is -2.33. The Labute approximate surface area is 131 Å². The van der Waals surface area contributed by atoms with Gasteiger partial charge in [0.2, 0.25) is 0 Å². The fourth-order valence-corrected chi connectivity index (χ4v) is 3.62. The summed E-state index contributed by atoms with van der Waals surface area (Å²) in [7, 11) is 1.56. The van der Waals surface area contributed by atoms with Gasteiger partial charge in [-0.15, -0.1) is 0 Å². The summed E-state index contributed by atoms with van der Waals surface area (Å²) in [4.78, 5) is 0. The Bertz CT molecular complexity index is 540. The Hall–Kier alpha value is -1.24. The van der Waals surface area contributed by atoms with Gasteiger partial charge >= 0.3 is 0 Å². The van der Waals surface area contributed by atoms with E-state index in [1.54, 1.807) is 25.3 Å². The predicted octanol–water partition coefficient (Wildman–Crippen LogP) is 4.49. The van der Waals surface area contributed by atoms with Gasteiger partial charge in [0.25, 0.3) is 0 Å². The summed E-state index contributed by atoms with van der Waals surface area (Å²) in [5.41, 5.74) is -0.00396. The third kappa shape index (κ3) is 3.17. The molecular weight excluding hydrogens is 286 g/mol. The molecule has 2 rings (SSSR count). The van der Waals surface area contributed by atoms with Crippen LogP contribution in [0.5, 0.6) is 5.75 Å². The van der Waals surface area contributed by atoms with Crippen molar-refractivity contribution in [1.29, 1.82) is 5.26 Å². The average molecular weight is 308 g/mol. The van der Waals surface area contributed by atoms with Crippen molar-refractivity contribution >= 4 is 11.6 Å². The number of benzene rings is 1. The van der Waals surface area contributed by atoms with E-state index in [9.17, 15) is 10.4 Å². The van der Waals surface area contributed by atoms with Gasteiger partial charge in [0.05, 0.1) is 29.7 Å². The van der Waals surface area contributed by atoms with Crippen LogP contribution in [0.2, 0.25) is 5.02 Å². The van der Waals surface area contributed by atoms with Gasteiger partial charge in [0.15, 0.2) is 0 Å². The van der Waals surface area contributed by atoms with E-state index in [4.69, 9.17) is 16.3 Å². The number of halogens is 1. The topological polar surface area (TPSA) is 53.2 Å². The first-order chi connectivity index (χ1) is 10.1. The molecule has 0 spiro atoms. The second-order valence-corrected chi connectivity index (χ2v) is 6.34. The molecule has 0 saturated heterocycles. The van der Waals surface area contributed by atoms with Crippen molar-refractivity contribution in [3.05, 3.63) is 28.8 Å². The van der Waals surface area contributed by atoms with Gasteiger partial charge in [-0.3, -0.25) is 0 Å². The van der Waals surface area contributed by atoms with Crippen molar-refractivity contribution in [2.24, 2.45) is 11.3 Å². The Morgan fingerprint density at radius 1 is 1.57 bits per heavy atom. The van der Waals surface area contributed by atoms with Crippen molar-refractivity contribution in [2.75, 3.05) is 7.11 Å². The Kier molecular flexibility index (Phi) is 5.13. The van der Waals surface area contributed by atoms with Gasteiger partial charge in [-0.1, -0.05) is 43.9 Å². The zero-order valence-corrected chi connectivity index (χ0v) is 13.4. The largest absolute Gasteiger partial charge is 0.495 e. The molecule has 1 aromatic carbocycles. The minimum absolute atomic E-state index is 0.463. The third-order valence-electron chi connectivity index (χ3n) is 4.70. The highest BCUT2D eigenvalue weighted by atomic mass is 35.5. The smallest absolute Gasteiger partial charge is 0.137 e. The van der Waals surface area contributed by atoms with Crippen LogP contribution in [-0.2, 0) is 0 Å². The summed E-state index contributed by atoms with van der Waals surface area (Å²) < 4.78 is 5.13. The van der Waals surface area contributed by atoms with Crippen molar-refractivity contribution < 1.29 is 9.84 Å². The Morgan fingerprint density at radius 2 is 2.33 bits per heavy atom. The molecule has 21 heavy (non-hydrogen) atoms. The summed E-state index contributed by atoms with van der Waals surface area (Å²) >= 11 is 6.14. The highest BCUT2D eigenvalue weighted by molar-refractivity contribution is 6.32. The van der Waals surface area contributed by atoms with Crippen LogP contribution in [0.4, 0.5) is 0 Å². The number of nitriles is 1. The van der Waals surface area contributed by atoms with Crippen LogP contribution in [0.3, 0.4) is 0 Å². The van der Waals surface area contributed by atoms with Gasteiger partial charge in [0.1, 0.15) is 5.75 Å². The van der Waals surface area contributed by atoms with Gasteiger partial charge in [-0.25, -0.2) is 0 Å². The maximum absolute atomic E-state index is 10.8. The number of nitrogens with zero attached hydrogens (tertiary/aromatic N) is 1. The van der Waals surface area contributed by atoms with Crippen molar-refractivity contribution in [1.82, 2.24) is 0 Å². The van der Waals surface area contributed by atoms with Crippen LogP contribution in [0.1, 0.15) is 50.7 Å². The number of ether oxygens (including phenoxy) is 1. The average Bonchev–Trinajstić information content (AvgIpc) is 2.53. The number of aliphatic hydroxyl groups is 1. The highest BCUT2D eigenvalue weighted by Crippen LogP contribution is 2.48. The summed E-state index contributed by atoms with van der Waals surface area (Å²) in [5, 5.41) is 20.9. The van der Waals surface area contributed by atoms with Gasteiger partial charge in [-0.2, -0.15) is 5.26 Å². The molecule has 1 aliphatic rings. The van der Waals surface area contributed by atoms with E-state index in [2.05, 4.69) is 13.0 Å². The number of methoxy groups -OCH3 is 1. The van der Waals surface area contributed by atoms with E-state index in [1.807, 2.05) is 0 Å². The monoisotopic (exact) mass is 307 g/mol. The van der Waals surface area contributed by atoms with Gasteiger partial charge < -0.3 is 9.84 Å². The lowest BCUT2D eigenvalue weighted by atomic mass is 9.65. The lowest BCUT2D eigenvalue weighted by molar-refractivity contribution is 0.0185. The zero-order valence-electron chi connectivity index (χ0n) is 12.6. The molecule has 0 amide bonds. The number of hydrogen-bond donors (Lipinski definition) is 1. The molecule has 1 N–H and O–H groups in total. The standard InChI is InChI=1S/C17H22ClNO2/c1-3-12-5-4-8-17(10-12,11-19)16(20)13-6-7-15(21-2)14(18)9-13/h6-7,9,12,16,20H,3-5,8,10H2,1-2H3. The molecule has 114 valence electrons. The van der Waals surface area contributed by atoms with Crippen molar-refractivity contribution in [2.45, 2.75) is 45.1 Å². The van der Waals surface area contributed by atoms with Crippen LogP contribution >= 0.6 is 11.6 Å².